The molecule has 0 radical (unpaired) electrons. The Morgan fingerprint density at radius 2 is 2.15 bits per heavy atom. The highest BCUT2D eigenvalue weighted by atomic mass is 16.5. The molecule has 1 aromatic rings. The van der Waals surface area contributed by atoms with Crippen LogP contribution in [0.25, 0.3) is 0 Å². The molecule has 2 fully saturated rings. The third kappa shape index (κ3) is 2.62. The van der Waals surface area contributed by atoms with Crippen molar-refractivity contribution in [2.45, 2.75) is 12.5 Å². The van der Waals surface area contributed by atoms with Crippen molar-refractivity contribution >= 4 is 5.91 Å². The van der Waals surface area contributed by atoms with Gasteiger partial charge in [0.2, 0.25) is 0 Å². The number of amides is 1. The number of aromatic nitrogens is 1. The van der Waals surface area contributed by atoms with E-state index >= 15 is 0 Å². The number of aromatic hydroxyl groups is 1. The van der Waals surface area contributed by atoms with Crippen molar-refractivity contribution in [2.75, 3.05) is 39.4 Å². The summed E-state index contributed by atoms with van der Waals surface area (Å²) in [5.41, 5.74) is 0.148. The third-order valence-electron chi connectivity index (χ3n) is 4.00. The summed E-state index contributed by atoms with van der Waals surface area (Å²) in [4.78, 5) is 20.5. The lowest BCUT2D eigenvalue weighted by Crippen LogP contribution is -2.45. The fourth-order valence-electron chi connectivity index (χ4n) is 2.88. The highest BCUT2D eigenvalue weighted by molar-refractivity contribution is 5.94. The number of rotatable bonds is 2. The lowest BCUT2D eigenvalue weighted by Gasteiger charge is -2.32. The van der Waals surface area contributed by atoms with Gasteiger partial charge in [0.15, 0.2) is 5.69 Å². The molecule has 0 aromatic carbocycles. The molecule has 0 bridgehead atoms. The predicted molar refractivity (Wildman–Crippen MR) is 72.6 cm³/mol. The number of likely N-dealkylation sites (tertiary alicyclic amines) is 1. The summed E-state index contributed by atoms with van der Waals surface area (Å²) in [7, 11) is 0. The van der Waals surface area contributed by atoms with E-state index in [0.29, 0.717) is 12.6 Å². The van der Waals surface area contributed by atoms with E-state index in [9.17, 15) is 9.90 Å². The molecule has 1 amide bonds. The molecule has 6 heteroatoms. The number of carbonyl (C=O) groups excluding carboxylic acids is 1. The van der Waals surface area contributed by atoms with E-state index in [2.05, 4.69) is 9.88 Å². The molecule has 1 atom stereocenters. The smallest absolute Gasteiger partial charge is 0.276 e. The number of morpholine rings is 1. The molecule has 6 nitrogen and oxygen atoms in total. The normalized spacial score (nSPS) is 24.0. The number of hydrogen-bond acceptors (Lipinski definition) is 5. The van der Waals surface area contributed by atoms with Crippen molar-refractivity contribution in [1.82, 2.24) is 14.8 Å². The van der Waals surface area contributed by atoms with Gasteiger partial charge < -0.3 is 14.7 Å². The Hall–Kier alpha value is -1.66. The predicted octanol–water partition coefficient (Wildman–Crippen LogP) is 0.334. The van der Waals surface area contributed by atoms with Crippen LogP contribution in [0.5, 0.6) is 5.75 Å². The third-order valence-corrected chi connectivity index (χ3v) is 4.00. The Morgan fingerprint density at radius 3 is 2.90 bits per heavy atom. The van der Waals surface area contributed by atoms with Crippen LogP contribution in [0, 0.1) is 0 Å². The van der Waals surface area contributed by atoms with Crippen LogP contribution in [-0.2, 0) is 4.74 Å². The quantitative estimate of drug-likeness (QED) is 0.844. The van der Waals surface area contributed by atoms with Gasteiger partial charge in [-0.1, -0.05) is 0 Å². The molecule has 1 unspecified atom stereocenters. The maximum absolute atomic E-state index is 12.4. The van der Waals surface area contributed by atoms with Crippen LogP contribution in [0.15, 0.2) is 18.3 Å². The van der Waals surface area contributed by atoms with Crippen molar-refractivity contribution in [2.24, 2.45) is 0 Å². The summed E-state index contributed by atoms with van der Waals surface area (Å²) in [5, 5.41) is 9.72. The van der Waals surface area contributed by atoms with Crippen LogP contribution < -0.4 is 0 Å². The first-order valence-electron chi connectivity index (χ1n) is 7.01. The molecule has 3 rings (SSSR count). The summed E-state index contributed by atoms with van der Waals surface area (Å²) in [5.74, 6) is -0.230. The van der Waals surface area contributed by atoms with E-state index in [1.165, 1.54) is 12.3 Å². The van der Waals surface area contributed by atoms with Crippen LogP contribution in [0.3, 0.4) is 0 Å². The van der Waals surface area contributed by atoms with Gasteiger partial charge in [0.25, 0.3) is 5.91 Å². The van der Waals surface area contributed by atoms with Crippen LogP contribution in [-0.4, -0.2) is 71.2 Å². The zero-order chi connectivity index (χ0) is 13.9. The summed E-state index contributed by atoms with van der Waals surface area (Å²) in [6.45, 7) is 4.83. The second-order valence-corrected chi connectivity index (χ2v) is 5.21. The van der Waals surface area contributed by atoms with E-state index in [-0.39, 0.29) is 17.4 Å². The Bertz CT molecular complexity index is 488. The minimum absolute atomic E-state index is 0.0488. The SMILES string of the molecule is O=C(c1ncccc1O)N1CCC(N2CCOCC2)C1. The van der Waals surface area contributed by atoms with Crippen molar-refractivity contribution in [1.29, 1.82) is 0 Å². The Labute approximate surface area is 118 Å². The second kappa shape index (κ2) is 5.76. The van der Waals surface area contributed by atoms with Crippen LogP contribution in [0.4, 0.5) is 0 Å². The largest absolute Gasteiger partial charge is 0.505 e. The van der Waals surface area contributed by atoms with E-state index in [4.69, 9.17) is 4.74 Å². The topological polar surface area (TPSA) is 65.9 Å². The lowest BCUT2D eigenvalue weighted by molar-refractivity contribution is 0.0185. The fraction of sp³-hybridized carbons (Fsp3) is 0.571. The number of ether oxygens (including phenoxy) is 1. The second-order valence-electron chi connectivity index (χ2n) is 5.21. The van der Waals surface area contributed by atoms with Crippen molar-refractivity contribution < 1.29 is 14.6 Å². The van der Waals surface area contributed by atoms with Gasteiger partial charge in [-0.15, -0.1) is 0 Å². The zero-order valence-electron chi connectivity index (χ0n) is 11.4. The average Bonchev–Trinajstić information content (AvgIpc) is 2.98. The molecule has 1 N–H and O–H groups in total. The number of pyridine rings is 1. The minimum atomic E-state index is -0.182. The molecule has 0 saturated carbocycles. The average molecular weight is 277 g/mol. The van der Waals surface area contributed by atoms with Crippen LogP contribution in [0.2, 0.25) is 0 Å². The molecule has 2 aliphatic rings. The molecule has 3 heterocycles. The van der Waals surface area contributed by atoms with E-state index < -0.39 is 0 Å². The minimum Gasteiger partial charge on any atom is -0.505 e. The Morgan fingerprint density at radius 1 is 1.35 bits per heavy atom. The fourth-order valence-corrected chi connectivity index (χ4v) is 2.88. The van der Waals surface area contributed by atoms with E-state index in [1.54, 1.807) is 11.0 Å². The highest BCUT2D eigenvalue weighted by Crippen LogP contribution is 2.21. The van der Waals surface area contributed by atoms with Gasteiger partial charge >= 0.3 is 0 Å². The molecule has 20 heavy (non-hydrogen) atoms. The molecule has 0 aliphatic carbocycles. The molecule has 2 saturated heterocycles. The van der Waals surface area contributed by atoms with Crippen molar-refractivity contribution in [3.63, 3.8) is 0 Å². The molecule has 108 valence electrons. The molecule has 0 spiro atoms. The zero-order valence-corrected chi connectivity index (χ0v) is 11.4. The van der Waals surface area contributed by atoms with E-state index in [1.807, 2.05) is 0 Å². The van der Waals surface area contributed by atoms with Crippen molar-refractivity contribution in [3.05, 3.63) is 24.0 Å². The molecular formula is C14H19N3O3. The monoisotopic (exact) mass is 277 g/mol. The number of hydrogen-bond donors (Lipinski definition) is 1. The summed E-state index contributed by atoms with van der Waals surface area (Å²) in [6, 6.07) is 3.51. The van der Waals surface area contributed by atoms with Gasteiger partial charge in [0.05, 0.1) is 13.2 Å². The van der Waals surface area contributed by atoms with Gasteiger partial charge in [-0.05, 0) is 18.6 Å². The summed E-state index contributed by atoms with van der Waals surface area (Å²) >= 11 is 0. The summed E-state index contributed by atoms with van der Waals surface area (Å²) in [6.07, 6.45) is 2.50. The number of carbonyl (C=O) groups is 1. The lowest BCUT2D eigenvalue weighted by atomic mass is 10.2. The highest BCUT2D eigenvalue weighted by Gasteiger charge is 2.32. The van der Waals surface area contributed by atoms with Gasteiger partial charge in [0, 0.05) is 38.4 Å². The van der Waals surface area contributed by atoms with Gasteiger partial charge in [0.1, 0.15) is 5.75 Å². The molecule has 2 aliphatic heterocycles. The Kier molecular flexibility index (Phi) is 3.84. The summed E-state index contributed by atoms with van der Waals surface area (Å²) < 4.78 is 5.35. The standard InChI is InChI=1S/C14H19N3O3/c18-12-2-1-4-15-13(12)14(19)17-5-3-11(10-17)16-6-8-20-9-7-16/h1-2,4,11,18H,3,5-10H2. The maximum Gasteiger partial charge on any atom is 0.276 e. The van der Waals surface area contributed by atoms with Gasteiger partial charge in [-0.25, -0.2) is 4.98 Å². The maximum atomic E-state index is 12.4. The van der Waals surface area contributed by atoms with Gasteiger partial charge in [-0.2, -0.15) is 0 Å². The van der Waals surface area contributed by atoms with Crippen molar-refractivity contribution in [3.8, 4) is 5.75 Å². The van der Waals surface area contributed by atoms with Crippen LogP contribution in [0.1, 0.15) is 16.9 Å². The Balaban J connectivity index is 1.65. The number of nitrogens with zero attached hydrogens (tertiary/aromatic N) is 3. The molecular weight excluding hydrogens is 258 g/mol. The molecule has 1 aromatic heterocycles. The van der Waals surface area contributed by atoms with E-state index in [0.717, 1.165) is 39.3 Å². The first-order chi connectivity index (χ1) is 9.75. The van der Waals surface area contributed by atoms with Crippen LogP contribution >= 0.6 is 0 Å². The first kappa shape index (κ1) is 13.3. The van der Waals surface area contributed by atoms with Gasteiger partial charge in [-0.3, -0.25) is 9.69 Å². The first-order valence-corrected chi connectivity index (χ1v) is 7.01.